The molecule has 114 valence electrons. The molecule has 1 aliphatic rings. The van der Waals surface area contributed by atoms with Crippen molar-refractivity contribution in [2.45, 2.75) is 38.6 Å². The molecule has 3 rings (SSSR count). The van der Waals surface area contributed by atoms with Crippen molar-refractivity contribution in [3.63, 3.8) is 0 Å². The number of nitrogens with zero attached hydrogens (tertiary/aromatic N) is 3. The summed E-state index contributed by atoms with van der Waals surface area (Å²) in [5, 5.41) is 14.5. The lowest BCUT2D eigenvalue weighted by atomic mass is 10.1. The SMILES string of the molecule is CC(=O)c1ccc(Nc2cnnc(NC3CCCC3)n2)cc1. The molecule has 0 bridgehead atoms. The number of rotatable bonds is 5. The Morgan fingerprint density at radius 3 is 2.59 bits per heavy atom. The number of ketones is 1. The van der Waals surface area contributed by atoms with E-state index in [1.807, 2.05) is 12.1 Å². The van der Waals surface area contributed by atoms with Gasteiger partial charge in [-0.3, -0.25) is 4.79 Å². The minimum absolute atomic E-state index is 0.0540. The van der Waals surface area contributed by atoms with Gasteiger partial charge >= 0.3 is 0 Å². The Morgan fingerprint density at radius 2 is 1.91 bits per heavy atom. The first kappa shape index (κ1) is 14.4. The van der Waals surface area contributed by atoms with Crippen molar-refractivity contribution in [1.82, 2.24) is 15.2 Å². The highest BCUT2D eigenvalue weighted by atomic mass is 16.1. The summed E-state index contributed by atoms with van der Waals surface area (Å²) < 4.78 is 0. The predicted molar refractivity (Wildman–Crippen MR) is 85.4 cm³/mol. The molecule has 0 unspecified atom stereocenters. The first-order valence-corrected chi connectivity index (χ1v) is 7.55. The maximum Gasteiger partial charge on any atom is 0.244 e. The Kier molecular flexibility index (Phi) is 4.27. The molecule has 22 heavy (non-hydrogen) atoms. The largest absolute Gasteiger partial charge is 0.350 e. The predicted octanol–water partition coefficient (Wildman–Crippen LogP) is 3.17. The third kappa shape index (κ3) is 3.58. The van der Waals surface area contributed by atoms with Gasteiger partial charge in [-0.1, -0.05) is 12.8 Å². The zero-order chi connectivity index (χ0) is 15.4. The third-order valence-corrected chi connectivity index (χ3v) is 3.81. The van der Waals surface area contributed by atoms with Gasteiger partial charge in [0, 0.05) is 17.3 Å². The minimum atomic E-state index is 0.0540. The summed E-state index contributed by atoms with van der Waals surface area (Å²) in [7, 11) is 0. The number of Topliss-reactive ketones (excluding diaryl/α,β-unsaturated/α-hetero) is 1. The van der Waals surface area contributed by atoms with Gasteiger partial charge in [0.1, 0.15) is 0 Å². The van der Waals surface area contributed by atoms with E-state index in [4.69, 9.17) is 0 Å². The van der Waals surface area contributed by atoms with Crippen LogP contribution in [0.4, 0.5) is 17.5 Å². The maximum atomic E-state index is 11.3. The van der Waals surface area contributed by atoms with Crippen LogP contribution in [0.25, 0.3) is 0 Å². The van der Waals surface area contributed by atoms with Gasteiger partial charge in [0.05, 0.1) is 6.20 Å². The highest BCUT2D eigenvalue weighted by molar-refractivity contribution is 5.94. The van der Waals surface area contributed by atoms with Crippen LogP contribution in [0, 0.1) is 0 Å². The van der Waals surface area contributed by atoms with E-state index >= 15 is 0 Å². The van der Waals surface area contributed by atoms with E-state index < -0.39 is 0 Å². The van der Waals surface area contributed by atoms with Gasteiger partial charge in [0.2, 0.25) is 5.95 Å². The molecule has 0 spiro atoms. The standard InChI is InChI=1S/C16H19N5O/c1-11(22)12-6-8-14(9-7-12)18-15-10-17-21-16(20-15)19-13-4-2-3-5-13/h6-10,13H,2-5H2,1H3,(H2,18,19,20,21). The number of carbonyl (C=O) groups is 1. The van der Waals surface area contributed by atoms with Crippen molar-refractivity contribution in [3.05, 3.63) is 36.0 Å². The average molecular weight is 297 g/mol. The van der Waals surface area contributed by atoms with E-state index in [-0.39, 0.29) is 5.78 Å². The van der Waals surface area contributed by atoms with Crippen LogP contribution in [0.15, 0.2) is 30.5 Å². The quantitative estimate of drug-likeness (QED) is 0.825. The molecular formula is C16H19N5O. The molecule has 0 radical (unpaired) electrons. The molecule has 6 nitrogen and oxygen atoms in total. The molecular weight excluding hydrogens is 278 g/mol. The van der Waals surface area contributed by atoms with Gasteiger partial charge < -0.3 is 10.6 Å². The van der Waals surface area contributed by atoms with Gasteiger partial charge in [0.15, 0.2) is 11.6 Å². The van der Waals surface area contributed by atoms with E-state index in [0.717, 1.165) is 18.5 Å². The van der Waals surface area contributed by atoms with Crippen molar-refractivity contribution < 1.29 is 4.79 Å². The summed E-state index contributed by atoms with van der Waals surface area (Å²) >= 11 is 0. The van der Waals surface area contributed by atoms with Crippen LogP contribution in [-0.2, 0) is 0 Å². The second kappa shape index (κ2) is 6.51. The fourth-order valence-electron chi connectivity index (χ4n) is 2.61. The van der Waals surface area contributed by atoms with Crippen LogP contribution < -0.4 is 10.6 Å². The summed E-state index contributed by atoms with van der Waals surface area (Å²) in [6.45, 7) is 1.55. The van der Waals surface area contributed by atoms with Crippen molar-refractivity contribution in [3.8, 4) is 0 Å². The van der Waals surface area contributed by atoms with Crippen molar-refractivity contribution >= 4 is 23.2 Å². The number of benzene rings is 1. The molecule has 0 aliphatic heterocycles. The Hall–Kier alpha value is -2.50. The Balaban J connectivity index is 1.67. The molecule has 2 N–H and O–H groups in total. The van der Waals surface area contributed by atoms with E-state index in [1.54, 1.807) is 25.3 Å². The van der Waals surface area contributed by atoms with Crippen LogP contribution in [0.5, 0.6) is 0 Å². The molecule has 1 fully saturated rings. The highest BCUT2D eigenvalue weighted by Gasteiger charge is 2.15. The Bertz CT molecular complexity index is 650. The lowest BCUT2D eigenvalue weighted by molar-refractivity contribution is 0.101. The molecule has 1 aromatic heterocycles. The lowest BCUT2D eigenvalue weighted by Crippen LogP contribution is -2.17. The zero-order valence-electron chi connectivity index (χ0n) is 12.5. The lowest BCUT2D eigenvalue weighted by Gasteiger charge is -2.12. The summed E-state index contributed by atoms with van der Waals surface area (Å²) in [5.74, 6) is 1.24. The first-order chi connectivity index (χ1) is 10.7. The number of hydrogen-bond acceptors (Lipinski definition) is 6. The smallest absolute Gasteiger partial charge is 0.244 e. The fraction of sp³-hybridized carbons (Fsp3) is 0.375. The molecule has 1 saturated carbocycles. The van der Waals surface area contributed by atoms with E-state index in [2.05, 4.69) is 25.8 Å². The van der Waals surface area contributed by atoms with Crippen molar-refractivity contribution in [1.29, 1.82) is 0 Å². The summed E-state index contributed by atoms with van der Waals surface area (Å²) in [5.41, 5.74) is 1.55. The van der Waals surface area contributed by atoms with Crippen LogP contribution in [-0.4, -0.2) is 27.0 Å². The van der Waals surface area contributed by atoms with Crippen LogP contribution in [0.3, 0.4) is 0 Å². The van der Waals surface area contributed by atoms with Gasteiger partial charge in [-0.2, -0.15) is 10.1 Å². The normalized spacial score (nSPS) is 14.8. The van der Waals surface area contributed by atoms with E-state index in [1.165, 1.54) is 12.8 Å². The molecule has 2 aromatic rings. The second-order valence-corrected chi connectivity index (χ2v) is 5.55. The number of aromatic nitrogens is 3. The highest BCUT2D eigenvalue weighted by Crippen LogP contribution is 2.21. The second-order valence-electron chi connectivity index (χ2n) is 5.55. The molecule has 1 aliphatic carbocycles. The molecule has 6 heteroatoms. The molecule has 0 amide bonds. The maximum absolute atomic E-state index is 11.3. The number of anilines is 3. The number of nitrogens with one attached hydrogen (secondary N) is 2. The number of hydrogen-bond donors (Lipinski definition) is 2. The van der Waals surface area contributed by atoms with Gasteiger partial charge in [0.25, 0.3) is 0 Å². The minimum Gasteiger partial charge on any atom is -0.350 e. The van der Waals surface area contributed by atoms with Crippen LogP contribution in [0.1, 0.15) is 43.0 Å². The van der Waals surface area contributed by atoms with Gasteiger partial charge in [-0.15, -0.1) is 5.10 Å². The third-order valence-electron chi connectivity index (χ3n) is 3.81. The first-order valence-electron chi connectivity index (χ1n) is 7.55. The molecule has 1 aromatic carbocycles. The van der Waals surface area contributed by atoms with Crippen molar-refractivity contribution in [2.24, 2.45) is 0 Å². The Morgan fingerprint density at radius 1 is 1.18 bits per heavy atom. The summed E-state index contributed by atoms with van der Waals surface area (Å²) in [6, 6.07) is 7.73. The molecule has 0 atom stereocenters. The van der Waals surface area contributed by atoms with Gasteiger partial charge in [-0.05, 0) is 44.0 Å². The molecule has 1 heterocycles. The van der Waals surface area contributed by atoms with Crippen LogP contribution in [0.2, 0.25) is 0 Å². The number of carbonyl (C=O) groups excluding carboxylic acids is 1. The fourth-order valence-corrected chi connectivity index (χ4v) is 2.61. The molecule has 0 saturated heterocycles. The van der Waals surface area contributed by atoms with Crippen LogP contribution >= 0.6 is 0 Å². The summed E-state index contributed by atoms with van der Waals surface area (Å²) in [6.07, 6.45) is 6.41. The van der Waals surface area contributed by atoms with E-state index in [0.29, 0.717) is 23.4 Å². The monoisotopic (exact) mass is 297 g/mol. The van der Waals surface area contributed by atoms with E-state index in [9.17, 15) is 4.79 Å². The zero-order valence-corrected chi connectivity index (χ0v) is 12.5. The Labute approximate surface area is 129 Å². The summed E-state index contributed by atoms with van der Waals surface area (Å²) in [4.78, 5) is 15.7. The van der Waals surface area contributed by atoms with Gasteiger partial charge in [-0.25, -0.2) is 0 Å². The average Bonchev–Trinajstić information content (AvgIpc) is 3.01. The topological polar surface area (TPSA) is 79.8 Å². The van der Waals surface area contributed by atoms with Crippen molar-refractivity contribution in [2.75, 3.05) is 10.6 Å².